The molecule has 0 aliphatic rings. The van der Waals surface area contributed by atoms with Crippen LogP contribution in [0.5, 0.6) is 0 Å². The SMILES string of the molecule is NCCCC(=O)O.O. The maximum Gasteiger partial charge on any atom is 0.303 e. The Morgan fingerprint density at radius 2 is 2.12 bits per heavy atom. The lowest BCUT2D eigenvalue weighted by atomic mass is 10.3. The molecule has 0 bridgehead atoms. The number of carboxylic acid groups (broad SMARTS) is 1. The fraction of sp³-hybridized carbons (Fsp3) is 0.750. The molecule has 0 aromatic heterocycles. The lowest BCUT2D eigenvalue weighted by molar-refractivity contribution is -0.137. The van der Waals surface area contributed by atoms with E-state index < -0.39 is 5.97 Å². The number of carbonyl (C=O) groups is 1. The fourth-order valence-corrected chi connectivity index (χ4v) is 0.253. The molecule has 0 aliphatic carbocycles. The van der Waals surface area contributed by atoms with Crippen LogP contribution in [0.2, 0.25) is 0 Å². The van der Waals surface area contributed by atoms with Crippen molar-refractivity contribution in [3.05, 3.63) is 0 Å². The van der Waals surface area contributed by atoms with Crippen molar-refractivity contribution < 1.29 is 15.4 Å². The van der Waals surface area contributed by atoms with Gasteiger partial charge in [0.1, 0.15) is 0 Å². The molecule has 0 saturated carbocycles. The number of nitrogens with two attached hydrogens (primary N) is 1. The summed E-state index contributed by atoms with van der Waals surface area (Å²) < 4.78 is 0. The highest BCUT2D eigenvalue weighted by atomic mass is 16.4. The summed E-state index contributed by atoms with van der Waals surface area (Å²) in [4.78, 5) is 9.70. The van der Waals surface area contributed by atoms with Gasteiger partial charge in [0.05, 0.1) is 0 Å². The summed E-state index contributed by atoms with van der Waals surface area (Å²) >= 11 is 0. The number of carboxylic acids is 1. The predicted molar refractivity (Wildman–Crippen MR) is 29.5 cm³/mol. The van der Waals surface area contributed by atoms with Gasteiger partial charge in [-0.2, -0.15) is 0 Å². The quantitative estimate of drug-likeness (QED) is 0.500. The summed E-state index contributed by atoms with van der Waals surface area (Å²) in [6.07, 6.45) is 0.770. The molecule has 0 rings (SSSR count). The summed E-state index contributed by atoms with van der Waals surface area (Å²) in [5, 5.41) is 7.99. The Hall–Kier alpha value is -0.610. The third-order valence-electron chi connectivity index (χ3n) is 0.595. The molecule has 0 fully saturated rings. The van der Waals surface area contributed by atoms with Crippen LogP contribution in [0.4, 0.5) is 0 Å². The van der Waals surface area contributed by atoms with E-state index in [0.29, 0.717) is 13.0 Å². The molecule has 0 unspecified atom stereocenters. The summed E-state index contributed by atoms with van der Waals surface area (Å²) in [6.45, 7) is 0.465. The molecule has 4 heteroatoms. The van der Waals surface area contributed by atoms with Gasteiger partial charge in [0.2, 0.25) is 0 Å². The smallest absolute Gasteiger partial charge is 0.303 e. The van der Waals surface area contributed by atoms with Crippen LogP contribution in [0, 0.1) is 0 Å². The third kappa shape index (κ3) is 9.04. The molecule has 0 amide bonds. The first-order valence-corrected chi connectivity index (χ1v) is 2.19. The second-order valence-electron chi connectivity index (χ2n) is 1.29. The number of hydrogen-bond acceptors (Lipinski definition) is 2. The molecular formula is C4H11NO3. The minimum atomic E-state index is -0.773. The van der Waals surface area contributed by atoms with Gasteiger partial charge in [-0.15, -0.1) is 0 Å². The van der Waals surface area contributed by atoms with E-state index in [1.54, 1.807) is 0 Å². The molecule has 0 aromatic carbocycles. The Morgan fingerprint density at radius 3 is 2.25 bits per heavy atom. The topological polar surface area (TPSA) is 94.8 Å². The summed E-state index contributed by atoms with van der Waals surface area (Å²) in [6, 6.07) is 0. The maximum absolute atomic E-state index is 9.70. The predicted octanol–water partition coefficient (Wildman–Crippen LogP) is -1.01. The molecular weight excluding hydrogens is 110 g/mol. The van der Waals surface area contributed by atoms with E-state index in [4.69, 9.17) is 10.8 Å². The third-order valence-corrected chi connectivity index (χ3v) is 0.595. The number of aliphatic carboxylic acids is 1. The second-order valence-corrected chi connectivity index (χ2v) is 1.29. The van der Waals surface area contributed by atoms with Crippen molar-refractivity contribution in [2.75, 3.05) is 6.54 Å². The standard InChI is InChI=1S/C4H9NO2.H2O/c5-3-1-2-4(6)7;/h1-3,5H2,(H,6,7);1H2. The van der Waals surface area contributed by atoms with Gasteiger partial charge in [0.25, 0.3) is 0 Å². The summed E-state index contributed by atoms with van der Waals surface area (Å²) in [5.74, 6) is -0.773. The van der Waals surface area contributed by atoms with Crippen LogP contribution in [0.1, 0.15) is 12.8 Å². The Kier molecular flexibility index (Phi) is 8.30. The molecule has 0 spiro atoms. The van der Waals surface area contributed by atoms with E-state index in [9.17, 15) is 4.79 Å². The monoisotopic (exact) mass is 121 g/mol. The molecule has 50 valence electrons. The number of hydrogen-bond donors (Lipinski definition) is 2. The van der Waals surface area contributed by atoms with E-state index in [1.165, 1.54) is 0 Å². The molecule has 0 saturated heterocycles. The van der Waals surface area contributed by atoms with Crippen LogP contribution in [-0.4, -0.2) is 23.1 Å². The molecule has 4 nitrogen and oxygen atoms in total. The Labute approximate surface area is 47.6 Å². The second kappa shape index (κ2) is 6.39. The highest BCUT2D eigenvalue weighted by Gasteiger charge is 1.91. The first-order valence-electron chi connectivity index (χ1n) is 2.19. The van der Waals surface area contributed by atoms with Gasteiger partial charge in [0.15, 0.2) is 0 Å². The van der Waals surface area contributed by atoms with Gasteiger partial charge in [-0.05, 0) is 13.0 Å². The van der Waals surface area contributed by atoms with Crippen LogP contribution < -0.4 is 5.73 Å². The van der Waals surface area contributed by atoms with E-state index in [0.717, 1.165) is 0 Å². The lowest BCUT2D eigenvalue weighted by Crippen LogP contribution is -2.02. The first-order chi connectivity index (χ1) is 3.27. The highest BCUT2D eigenvalue weighted by Crippen LogP contribution is 1.82. The van der Waals surface area contributed by atoms with Gasteiger partial charge in [0, 0.05) is 6.42 Å². The summed E-state index contributed by atoms with van der Waals surface area (Å²) in [5.41, 5.74) is 5.01. The van der Waals surface area contributed by atoms with Crippen molar-refractivity contribution in [3.63, 3.8) is 0 Å². The van der Waals surface area contributed by atoms with E-state index in [1.807, 2.05) is 0 Å². The van der Waals surface area contributed by atoms with Gasteiger partial charge < -0.3 is 16.3 Å². The van der Waals surface area contributed by atoms with Crippen molar-refractivity contribution in [2.45, 2.75) is 12.8 Å². The van der Waals surface area contributed by atoms with Crippen LogP contribution >= 0.6 is 0 Å². The zero-order valence-corrected chi connectivity index (χ0v) is 4.55. The van der Waals surface area contributed by atoms with Crippen molar-refractivity contribution in [1.29, 1.82) is 0 Å². The molecule has 0 atom stereocenters. The van der Waals surface area contributed by atoms with Crippen molar-refractivity contribution in [3.8, 4) is 0 Å². The van der Waals surface area contributed by atoms with Crippen LogP contribution in [0.25, 0.3) is 0 Å². The minimum absolute atomic E-state index is 0. The van der Waals surface area contributed by atoms with Gasteiger partial charge in [-0.3, -0.25) is 4.79 Å². The van der Waals surface area contributed by atoms with E-state index in [2.05, 4.69) is 0 Å². The molecule has 5 N–H and O–H groups in total. The molecule has 0 aromatic rings. The van der Waals surface area contributed by atoms with Gasteiger partial charge in [-0.1, -0.05) is 0 Å². The molecule has 0 heterocycles. The van der Waals surface area contributed by atoms with Crippen LogP contribution in [-0.2, 0) is 4.79 Å². The average molecular weight is 121 g/mol. The van der Waals surface area contributed by atoms with E-state index in [-0.39, 0.29) is 11.9 Å². The Morgan fingerprint density at radius 1 is 1.62 bits per heavy atom. The minimum Gasteiger partial charge on any atom is -0.481 e. The zero-order valence-electron chi connectivity index (χ0n) is 4.55. The summed E-state index contributed by atoms with van der Waals surface area (Å²) in [7, 11) is 0. The van der Waals surface area contributed by atoms with Crippen LogP contribution in [0.15, 0.2) is 0 Å². The lowest BCUT2D eigenvalue weighted by Gasteiger charge is -1.86. The number of rotatable bonds is 3. The van der Waals surface area contributed by atoms with E-state index >= 15 is 0 Å². The highest BCUT2D eigenvalue weighted by molar-refractivity contribution is 5.66. The van der Waals surface area contributed by atoms with Crippen molar-refractivity contribution in [2.24, 2.45) is 5.73 Å². The fourth-order valence-electron chi connectivity index (χ4n) is 0.253. The maximum atomic E-state index is 9.70. The van der Waals surface area contributed by atoms with Gasteiger partial charge >= 0.3 is 5.97 Å². The Bertz CT molecular complexity index is 64.3. The first kappa shape index (κ1) is 10.4. The van der Waals surface area contributed by atoms with Gasteiger partial charge in [-0.25, -0.2) is 0 Å². The largest absolute Gasteiger partial charge is 0.481 e. The Balaban J connectivity index is 0. The molecule has 8 heavy (non-hydrogen) atoms. The molecule has 0 aliphatic heterocycles. The van der Waals surface area contributed by atoms with Crippen molar-refractivity contribution >= 4 is 5.97 Å². The zero-order chi connectivity index (χ0) is 5.70. The average Bonchev–Trinajstić information content (AvgIpc) is 1.61. The molecule has 0 radical (unpaired) electrons. The van der Waals surface area contributed by atoms with Crippen LogP contribution in [0.3, 0.4) is 0 Å². The normalized spacial score (nSPS) is 7.62. The van der Waals surface area contributed by atoms with Crippen molar-refractivity contribution in [1.82, 2.24) is 0 Å².